The lowest BCUT2D eigenvalue weighted by atomic mass is 9.79. The molecule has 16 heavy (non-hydrogen) atoms. The van der Waals surface area contributed by atoms with Gasteiger partial charge in [-0.25, -0.2) is 0 Å². The number of hydrogen-bond acceptors (Lipinski definition) is 5. The summed E-state index contributed by atoms with van der Waals surface area (Å²) in [6, 6.07) is 4.72. The van der Waals surface area contributed by atoms with Gasteiger partial charge < -0.3 is 13.9 Å². The van der Waals surface area contributed by atoms with E-state index in [0.29, 0.717) is 12.1 Å². The maximum Gasteiger partial charge on any atom is 0.491 e. The van der Waals surface area contributed by atoms with Crippen molar-refractivity contribution < 1.29 is 22.3 Å². The average Bonchev–Trinajstić information content (AvgIpc) is 2.60. The van der Waals surface area contributed by atoms with Crippen LogP contribution in [-0.2, 0) is 21.4 Å². The minimum Gasteiger partial charge on any atom is -0.423 e. The summed E-state index contributed by atoms with van der Waals surface area (Å²) in [6.07, 6.45) is 0. The summed E-state index contributed by atoms with van der Waals surface area (Å²) in [6.45, 7) is 1.83. The Labute approximate surface area is 94.3 Å². The van der Waals surface area contributed by atoms with E-state index in [-0.39, 0.29) is 11.5 Å². The molecule has 0 spiro atoms. The third kappa shape index (κ3) is 2.21. The first-order valence-electron chi connectivity index (χ1n) is 4.86. The van der Waals surface area contributed by atoms with Crippen LogP contribution >= 0.6 is 0 Å². The van der Waals surface area contributed by atoms with E-state index in [2.05, 4.69) is 0 Å². The van der Waals surface area contributed by atoms with Gasteiger partial charge in [0.2, 0.25) is 0 Å². The van der Waals surface area contributed by atoms with Gasteiger partial charge in [-0.3, -0.25) is 0 Å². The second kappa shape index (κ2) is 4.08. The van der Waals surface area contributed by atoms with Crippen LogP contribution in [0.25, 0.3) is 0 Å². The van der Waals surface area contributed by atoms with Crippen LogP contribution in [0.5, 0.6) is 5.75 Å². The van der Waals surface area contributed by atoms with E-state index in [0.717, 1.165) is 5.56 Å². The van der Waals surface area contributed by atoms with Crippen LogP contribution in [0.3, 0.4) is 0 Å². The highest BCUT2D eigenvalue weighted by Crippen LogP contribution is 2.17. The van der Waals surface area contributed by atoms with Crippen molar-refractivity contribution in [2.45, 2.75) is 13.5 Å². The predicted molar refractivity (Wildman–Crippen MR) is 58.9 cm³/mol. The van der Waals surface area contributed by atoms with Crippen molar-refractivity contribution >= 4 is 22.7 Å². The Morgan fingerprint density at radius 2 is 2.31 bits per heavy atom. The van der Waals surface area contributed by atoms with Crippen LogP contribution in [0.4, 0.5) is 0 Å². The highest BCUT2D eigenvalue weighted by atomic mass is 32.2. The quantitative estimate of drug-likeness (QED) is 0.578. The van der Waals surface area contributed by atoms with E-state index in [4.69, 9.17) is 8.84 Å². The molecule has 0 bridgehead atoms. The Balaban J connectivity index is 2.29. The van der Waals surface area contributed by atoms with E-state index in [9.17, 15) is 13.4 Å². The number of benzene rings is 1. The Morgan fingerprint density at radius 3 is 3.00 bits per heavy atom. The second-order valence-corrected chi connectivity index (χ2v) is 5.31. The molecule has 1 aromatic carbocycles. The first kappa shape index (κ1) is 11.4. The lowest BCUT2D eigenvalue weighted by Crippen LogP contribution is -2.28. The van der Waals surface area contributed by atoms with Gasteiger partial charge in [0.15, 0.2) is 0 Å². The summed E-state index contributed by atoms with van der Waals surface area (Å²) in [5, 5.41) is 9.43. The number of rotatable bonds is 3. The Hall–Kier alpha value is -1.05. The van der Waals surface area contributed by atoms with Crippen LogP contribution < -0.4 is 9.65 Å². The molecule has 5 nitrogen and oxygen atoms in total. The van der Waals surface area contributed by atoms with Gasteiger partial charge in [0.25, 0.3) is 0 Å². The molecule has 1 aromatic rings. The smallest absolute Gasteiger partial charge is 0.423 e. The van der Waals surface area contributed by atoms with E-state index in [1.54, 1.807) is 12.1 Å². The van der Waals surface area contributed by atoms with Crippen LogP contribution in [0, 0.1) is 0 Å². The summed E-state index contributed by atoms with van der Waals surface area (Å²) in [7, 11) is -4.53. The zero-order valence-corrected chi connectivity index (χ0v) is 9.53. The molecule has 0 fully saturated rings. The molecule has 0 aliphatic carbocycles. The van der Waals surface area contributed by atoms with Crippen molar-refractivity contribution in [1.82, 2.24) is 0 Å². The number of hydrogen-bond donors (Lipinski definition) is 1. The Morgan fingerprint density at radius 1 is 1.56 bits per heavy atom. The summed E-state index contributed by atoms with van der Waals surface area (Å²) in [5.41, 5.74) is 1.40. The summed E-state index contributed by atoms with van der Waals surface area (Å²) in [4.78, 5) is 0. The third-order valence-electron chi connectivity index (χ3n) is 2.36. The van der Waals surface area contributed by atoms with Crippen molar-refractivity contribution in [3.63, 3.8) is 0 Å². The molecule has 0 unspecified atom stereocenters. The fourth-order valence-electron chi connectivity index (χ4n) is 1.45. The molecule has 86 valence electrons. The highest BCUT2D eigenvalue weighted by Gasteiger charge is 2.28. The Bertz CT molecular complexity index is 499. The molecule has 2 rings (SSSR count). The fraction of sp³-hybridized carbons (Fsp3) is 0.333. The molecule has 7 heteroatoms. The van der Waals surface area contributed by atoms with Crippen molar-refractivity contribution in [2.24, 2.45) is 0 Å². The molecule has 0 atom stereocenters. The van der Waals surface area contributed by atoms with Gasteiger partial charge in [-0.1, -0.05) is 6.07 Å². The SMILES string of the molecule is CCS(=O)(=O)Oc1ccc2c(c1)B(O)OC2. The van der Waals surface area contributed by atoms with Crippen LogP contribution in [0.15, 0.2) is 18.2 Å². The van der Waals surface area contributed by atoms with Gasteiger partial charge in [-0.15, -0.1) is 0 Å². The van der Waals surface area contributed by atoms with Gasteiger partial charge in [0.05, 0.1) is 12.4 Å². The molecular formula is C9H11BO5S. The fourth-order valence-corrected chi connectivity index (χ4v) is 1.96. The molecule has 1 N–H and O–H groups in total. The van der Waals surface area contributed by atoms with Crippen LogP contribution in [-0.4, -0.2) is 26.3 Å². The van der Waals surface area contributed by atoms with E-state index in [1.807, 2.05) is 0 Å². The molecule has 0 amide bonds. The molecule has 1 aliphatic rings. The molecule has 0 saturated carbocycles. The first-order chi connectivity index (χ1) is 7.52. The van der Waals surface area contributed by atoms with Crippen molar-refractivity contribution in [1.29, 1.82) is 0 Å². The van der Waals surface area contributed by atoms with Gasteiger partial charge in [-0.2, -0.15) is 8.42 Å². The van der Waals surface area contributed by atoms with Crippen LogP contribution in [0.2, 0.25) is 0 Å². The largest absolute Gasteiger partial charge is 0.491 e. The molecule has 0 saturated heterocycles. The Kier molecular flexibility index (Phi) is 2.92. The average molecular weight is 242 g/mol. The minimum atomic E-state index is -3.53. The van der Waals surface area contributed by atoms with E-state index in [1.165, 1.54) is 13.0 Å². The van der Waals surface area contributed by atoms with Crippen molar-refractivity contribution in [3.05, 3.63) is 23.8 Å². The third-order valence-corrected chi connectivity index (χ3v) is 3.51. The van der Waals surface area contributed by atoms with Crippen LogP contribution in [0.1, 0.15) is 12.5 Å². The number of fused-ring (bicyclic) bond motifs is 1. The molecule has 1 heterocycles. The monoisotopic (exact) mass is 242 g/mol. The maximum atomic E-state index is 11.2. The zero-order valence-electron chi connectivity index (χ0n) is 8.71. The topological polar surface area (TPSA) is 72.8 Å². The predicted octanol–water partition coefficient (Wildman–Crippen LogP) is -0.367. The normalized spacial score (nSPS) is 15.0. The summed E-state index contributed by atoms with van der Waals surface area (Å²) >= 11 is 0. The molecule has 0 aromatic heterocycles. The van der Waals surface area contributed by atoms with E-state index < -0.39 is 17.2 Å². The maximum absolute atomic E-state index is 11.2. The molecular weight excluding hydrogens is 231 g/mol. The highest BCUT2D eigenvalue weighted by molar-refractivity contribution is 7.87. The van der Waals surface area contributed by atoms with Crippen molar-refractivity contribution in [3.8, 4) is 5.75 Å². The molecule has 1 aliphatic heterocycles. The second-order valence-electron chi connectivity index (χ2n) is 3.45. The van der Waals surface area contributed by atoms with Gasteiger partial charge >= 0.3 is 17.2 Å². The summed E-state index contributed by atoms with van der Waals surface area (Å²) in [5.74, 6) is 0.105. The lowest BCUT2D eigenvalue weighted by Gasteiger charge is -2.06. The van der Waals surface area contributed by atoms with Gasteiger partial charge in [0.1, 0.15) is 5.75 Å². The van der Waals surface area contributed by atoms with Gasteiger partial charge in [-0.05, 0) is 30.1 Å². The lowest BCUT2D eigenvalue weighted by molar-refractivity contribution is 0.275. The standard InChI is InChI=1S/C9H11BO5S/c1-2-16(12,13)15-8-4-3-7-6-14-10(11)9(7)5-8/h3-5,11H,2,6H2,1H3. The van der Waals surface area contributed by atoms with Crippen molar-refractivity contribution in [2.75, 3.05) is 5.75 Å². The molecule has 0 radical (unpaired) electrons. The first-order valence-corrected chi connectivity index (χ1v) is 6.44. The van der Waals surface area contributed by atoms with Gasteiger partial charge in [0, 0.05) is 0 Å². The van der Waals surface area contributed by atoms with E-state index >= 15 is 0 Å². The minimum absolute atomic E-state index is 0.0941. The summed E-state index contributed by atoms with van der Waals surface area (Å²) < 4.78 is 32.3. The zero-order chi connectivity index (χ0) is 11.8.